The van der Waals surface area contributed by atoms with Gasteiger partial charge in [0.15, 0.2) is 0 Å². The molecule has 0 saturated heterocycles. The van der Waals surface area contributed by atoms with Crippen LogP contribution in [0, 0.1) is 12.8 Å². The second-order valence-corrected chi connectivity index (χ2v) is 9.21. The van der Waals surface area contributed by atoms with Crippen LogP contribution in [0.2, 0.25) is 0 Å². The van der Waals surface area contributed by atoms with Gasteiger partial charge in [-0.25, -0.2) is 0 Å². The van der Waals surface area contributed by atoms with Crippen LogP contribution in [0.15, 0.2) is 97.1 Å². The lowest BCUT2D eigenvalue weighted by Crippen LogP contribution is -2.29. The zero-order valence-electron chi connectivity index (χ0n) is 18.6. The van der Waals surface area contributed by atoms with Gasteiger partial charge in [-0.1, -0.05) is 66.2 Å². The van der Waals surface area contributed by atoms with Crippen LogP contribution in [0.5, 0.6) is 0 Å². The maximum atomic E-state index is 12.8. The molecule has 3 unspecified atom stereocenters. The minimum absolute atomic E-state index is 0.0741. The van der Waals surface area contributed by atoms with Crippen molar-refractivity contribution in [3.8, 4) is 0 Å². The van der Waals surface area contributed by atoms with Gasteiger partial charge >= 0.3 is 0 Å². The standard InChI is InChI=1S/C30H26N2O/c1-19-6-4-9-23(16-19)30(33)31-24-14-15-28-27(18-24)25-10-5-11-26(25)29(32-28)22-13-12-20-7-2-3-8-21(20)17-22/h2-10,12-18,25-26,29,32H,11H2,1H3,(H,31,33). The summed E-state index contributed by atoms with van der Waals surface area (Å²) in [6.45, 7) is 2.00. The van der Waals surface area contributed by atoms with Crippen molar-refractivity contribution in [3.63, 3.8) is 0 Å². The molecule has 0 aromatic heterocycles. The SMILES string of the molecule is Cc1cccc(C(=O)Nc2ccc3c(c2)C2C=CCC2C(c2ccc4ccccc4c2)N3)c1. The van der Waals surface area contributed by atoms with E-state index in [-0.39, 0.29) is 11.9 Å². The number of benzene rings is 4. The zero-order chi connectivity index (χ0) is 22.4. The number of nitrogens with one attached hydrogen (secondary N) is 2. The summed E-state index contributed by atoms with van der Waals surface area (Å²) in [6.07, 6.45) is 5.69. The average molecular weight is 431 g/mol. The van der Waals surface area contributed by atoms with Gasteiger partial charge in [0.2, 0.25) is 0 Å². The first-order chi connectivity index (χ1) is 16.2. The normalized spacial score (nSPS) is 20.7. The number of allylic oxidation sites excluding steroid dienone is 2. The Morgan fingerprint density at radius 1 is 0.909 bits per heavy atom. The van der Waals surface area contributed by atoms with E-state index in [2.05, 4.69) is 77.4 Å². The summed E-state index contributed by atoms with van der Waals surface area (Å²) in [6, 6.07) is 29.5. The number of rotatable bonds is 3. The van der Waals surface area contributed by atoms with Crippen LogP contribution in [-0.2, 0) is 0 Å². The van der Waals surface area contributed by atoms with Gasteiger partial charge in [0, 0.05) is 22.9 Å². The first-order valence-corrected chi connectivity index (χ1v) is 11.6. The number of hydrogen-bond acceptors (Lipinski definition) is 2. The number of carbonyl (C=O) groups is 1. The number of hydrogen-bond donors (Lipinski definition) is 2. The molecular weight excluding hydrogens is 404 g/mol. The largest absolute Gasteiger partial charge is 0.378 e. The van der Waals surface area contributed by atoms with Crippen molar-refractivity contribution >= 4 is 28.1 Å². The van der Waals surface area contributed by atoms with Gasteiger partial charge in [-0.2, -0.15) is 0 Å². The molecule has 0 spiro atoms. The zero-order valence-corrected chi connectivity index (χ0v) is 18.6. The smallest absolute Gasteiger partial charge is 0.255 e. The predicted octanol–water partition coefficient (Wildman–Crippen LogP) is 7.23. The van der Waals surface area contributed by atoms with E-state index < -0.39 is 0 Å². The number of fused-ring (bicyclic) bond motifs is 4. The topological polar surface area (TPSA) is 41.1 Å². The fraction of sp³-hybridized carbons (Fsp3) is 0.167. The Morgan fingerprint density at radius 3 is 2.67 bits per heavy atom. The number of carbonyl (C=O) groups excluding carboxylic acids is 1. The third kappa shape index (κ3) is 3.60. The summed E-state index contributed by atoms with van der Waals surface area (Å²) < 4.78 is 0. The maximum absolute atomic E-state index is 12.8. The van der Waals surface area contributed by atoms with E-state index in [0.29, 0.717) is 17.4 Å². The molecule has 2 N–H and O–H groups in total. The first kappa shape index (κ1) is 19.8. The molecule has 1 aliphatic heterocycles. The molecule has 6 rings (SSSR count). The minimum atomic E-state index is -0.0741. The monoisotopic (exact) mass is 430 g/mol. The van der Waals surface area contributed by atoms with Crippen LogP contribution >= 0.6 is 0 Å². The minimum Gasteiger partial charge on any atom is -0.378 e. The van der Waals surface area contributed by atoms with Gasteiger partial charge in [0.1, 0.15) is 0 Å². The van der Waals surface area contributed by atoms with Crippen molar-refractivity contribution in [1.82, 2.24) is 0 Å². The number of anilines is 2. The third-order valence-corrected chi connectivity index (χ3v) is 7.03. The second-order valence-electron chi connectivity index (χ2n) is 9.21. The fourth-order valence-corrected chi connectivity index (χ4v) is 5.39. The summed E-state index contributed by atoms with van der Waals surface area (Å²) in [4.78, 5) is 12.8. The Bertz CT molecular complexity index is 1400. The van der Waals surface area contributed by atoms with Crippen LogP contribution in [-0.4, -0.2) is 5.91 Å². The van der Waals surface area contributed by atoms with Crippen LogP contribution in [0.25, 0.3) is 10.8 Å². The highest BCUT2D eigenvalue weighted by molar-refractivity contribution is 6.04. The van der Waals surface area contributed by atoms with Gasteiger partial charge in [-0.3, -0.25) is 4.79 Å². The van der Waals surface area contributed by atoms with Gasteiger partial charge in [0.25, 0.3) is 5.91 Å². The van der Waals surface area contributed by atoms with E-state index >= 15 is 0 Å². The van der Waals surface area contributed by atoms with Crippen molar-refractivity contribution in [1.29, 1.82) is 0 Å². The van der Waals surface area contributed by atoms with E-state index in [9.17, 15) is 4.79 Å². The van der Waals surface area contributed by atoms with Gasteiger partial charge in [-0.15, -0.1) is 0 Å². The summed E-state index contributed by atoms with van der Waals surface area (Å²) in [7, 11) is 0. The molecule has 0 saturated carbocycles. The summed E-state index contributed by atoms with van der Waals surface area (Å²) in [5.74, 6) is 0.727. The van der Waals surface area contributed by atoms with E-state index in [0.717, 1.165) is 23.4 Å². The van der Waals surface area contributed by atoms with E-state index in [1.54, 1.807) is 0 Å². The Balaban J connectivity index is 1.31. The molecule has 1 amide bonds. The molecule has 2 aliphatic rings. The first-order valence-electron chi connectivity index (χ1n) is 11.6. The average Bonchev–Trinajstić information content (AvgIpc) is 3.34. The maximum Gasteiger partial charge on any atom is 0.255 e. The van der Waals surface area contributed by atoms with E-state index in [4.69, 9.17) is 0 Å². The third-order valence-electron chi connectivity index (χ3n) is 7.03. The molecule has 0 fully saturated rings. The van der Waals surface area contributed by atoms with E-state index in [1.165, 1.54) is 21.9 Å². The molecule has 4 aromatic carbocycles. The van der Waals surface area contributed by atoms with Crippen molar-refractivity contribution in [2.45, 2.75) is 25.3 Å². The molecule has 1 heterocycles. The van der Waals surface area contributed by atoms with Crippen molar-refractivity contribution < 1.29 is 4.79 Å². The molecular formula is C30H26N2O. The number of aryl methyl sites for hydroxylation is 1. The lowest BCUT2D eigenvalue weighted by atomic mass is 9.76. The Kier molecular flexibility index (Phi) is 4.76. The Morgan fingerprint density at radius 2 is 1.79 bits per heavy atom. The molecule has 3 atom stereocenters. The summed E-state index contributed by atoms with van der Waals surface area (Å²) >= 11 is 0. The van der Waals surface area contributed by atoms with Crippen LogP contribution in [0.3, 0.4) is 0 Å². The molecule has 1 aliphatic carbocycles. The molecule has 162 valence electrons. The predicted molar refractivity (Wildman–Crippen MR) is 136 cm³/mol. The fourth-order valence-electron chi connectivity index (χ4n) is 5.39. The summed E-state index contributed by atoms with van der Waals surface area (Å²) in [5, 5.41) is 9.45. The lowest BCUT2D eigenvalue weighted by molar-refractivity contribution is 0.102. The van der Waals surface area contributed by atoms with Crippen LogP contribution < -0.4 is 10.6 Å². The lowest BCUT2D eigenvalue weighted by Gasteiger charge is -2.38. The van der Waals surface area contributed by atoms with Crippen molar-refractivity contribution in [2.24, 2.45) is 5.92 Å². The second kappa shape index (κ2) is 7.93. The molecule has 33 heavy (non-hydrogen) atoms. The van der Waals surface area contributed by atoms with Crippen molar-refractivity contribution in [3.05, 3.63) is 119 Å². The molecule has 4 aromatic rings. The van der Waals surface area contributed by atoms with Crippen LogP contribution in [0.4, 0.5) is 11.4 Å². The highest BCUT2D eigenvalue weighted by atomic mass is 16.1. The van der Waals surface area contributed by atoms with Gasteiger partial charge in [0.05, 0.1) is 6.04 Å². The molecule has 0 radical (unpaired) electrons. The molecule has 0 bridgehead atoms. The molecule has 3 heteroatoms. The highest BCUT2D eigenvalue weighted by Crippen LogP contribution is 2.50. The van der Waals surface area contributed by atoms with Crippen molar-refractivity contribution in [2.75, 3.05) is 10.6 Å². The number of amides is 1. The quantitative estimate of drug-likeness (QED) is 0.337. The Labute approximate surface area is 194 Å². The van der Waals surface area contributed by atoms with Crippen LogP contribution in [0.1, 0.15) is 45.4 Å². The van der Waals surface area contributed by atoms with Gasteiger partial charge in [-0.05, 0) is 77.6 Å². The highest BCUT2D eigenvalue weighted by Gasteiger charge is 2.38. The van der Waals surface area contributed by atoms with E-state index in [1.807, 2.05) is 37.3 Å². The Hall–Kier alpha value is -3.85. The summed E-state index contributed by atoms with van der Waals surface area (Å²) in [5.41, 5.74) is 6.33. The van der Waals surface area contributed by atoms with Gasteiger partial charge < -0.3 is 10.6 Å². The molecule has 3 nitrogen and oxygen atoms in total.